The lowest BCUT2D eigenvalue weighted by molar-refractivity contribution is 0.122. The van der Waals surface area contributed by atoms with Gasteiger partial charge in [-0.2, -0.15) is 4.98 Å². The van der Waals surface area contributed by atoms with Crippen LogP contribution in [0.15, 0.2) is 60.9 Å². The third kappa shape index (κ3) is 2.36. The molecule has 124 valence electrons. The van der Waals surface area contributed by atoms with Crippen molar-refractivity contribution < 1.29 is 4.74 Å². The highest BCUT2D eigenvalue weighted by atomic mass is 16.5. The molecule has 0 unspecified atom stereocenters. The molecule has 0 atom stereocenters. The van der Waals surface area contributed by atoms with E-state index < -0.39 is 0 Å². The highest BCUT2D eigenvalue weighted by Crippen LogP contribution is 2.34. The predicted molar refractivity (Wildman–Crippen MR) is 99.0 cm³/mol. The summed E-state index contributed by atoms with van der Waals surface area (Å²) in [6.07, 6.45) is 4.03. The van der Waals surface area contributed by atoms with Crippen LogP contribution in [0.5, 0.6) is 0 Å². The molecule has 1 aromatic carbocycles. The maximum absolute atomic E-state index is 5.44. The molecule has 5 heteroatoms. The van der Waals surface area contributed by atoms with E-state index >= 15 is 0 Å². The molecule has 0 spiro atoms. The monoisotopic (exact) mass is 330 g/mol. The lowest BCUT2D eigenvalue weighted by Gasteiger charge is -2.26. The molecule has 1 fully saturated rings. The summed E-state index contributed by atoms with van der Waals surface area (Å²) in [6.45, 7) is 3.12. The van der Waals surface area contributed by atoms with E-state index in [2.05, 4.69) is 56.9 Å². The summed E-state index contributed by atoms with van der Waals surface area (Å²) in [5.74, 6) is 0.777. The van der Waals surface area contributed by atoms with Crippen LogP contribution in [0.1, 0.15) is 0 Å². The zero-order chi connectivity index (χ0) is 16.6. The first kappa shape index (κ1) is 14.4. The van der Waals surface area contributed by atoms with Gasteiger partial charge in [0, 0.05) is 36.4 Å². The van der Waals surface area contributed by atoms with E-state index in [1.807, 2.05) is 18.3 Å². The molecule has 1 aliphatic rings. The van der Waals surface area contributed by atoms with Crippen molar-refractivity contribution in [2.24, 2.45) is 0 Å². The van der Waals surface area contributed by atoms with Crippen LogP contribution in [-0.4, -0.2) is 40.7 Å². The topological polar surface area (TPSA) is 42.7 Å². The molecule has 0 saturated carbocycles. The average molecular weight is 330 g/mol. The Hall–Kier alpha value is -2.92. The first-order chi connectivity index (χ1) is 12.4. The van der Waals surface area contributed by atoms with Gasteiger partial charge in [0.25, 0.3) is 0 Å². The van der Waals surface area contributed by atoms with Gasteiger partial charge in [-0.15, -0.1) is 0 Å². The first-order valence-corrected chi connectivity index (χ1v) is 8.56. The number of benzene rings is 1. The fourth-order valence-corrected chi connectivity index (χ4v) is 3.52. The third-order valence-corrected chi connectivity index (χ3v) is 4.73. The zero-order valence-electron chi connectivity index (χ0n) is 13.8. The maximum atomic E-state index is 5.44. The summed E-state index contributed by atoms with van der Waals surface area (Å²) in [5.41, 5.74) is 4.47. The SMILES string of the molecule is c1ccc(-c2c3cnc(N4CCOCC4)nc3n3ccccc23)cc1. The van der Waals surface area contributed by atoms with Gasteiger partial charge in [0.2, 0.25) is 5.95 Å². The van der Waals surface area contributed by atoms with E-state index in [1.165, 1.54) is 11.1 Å². The van der Waals surface area contributed by atoms with E-state index in [0.717, 1.165) is 48.8 Å². The van der Waals surface area contributed by atoms with E-state index in [4.69, 9.17) is 9.72 Å². The minimum absolute atomic E-state index is 0.728. The number of anilines is 1. The van der Waals surface area contributed by atoms with Crippen molar-refractivity contribution in [2.75, 3.05) is 31.2 Å². The largest absolute Gasteiger partial charge is 0.378 e. The van der Waals surface area contributed by atoms with Gasteiger partial charge < -0.3 is 14.0 Å². The number of ether oxygens (including phenoxy) is 1. The van der Waals surface area contributed by atoms with Crippen LogP contribution in [0, 0.1) is 0 Å². The molecular weight excluding hydrogens is 312 g/mol. The Morgan fingerprint density at radius 3 is 2.56 bits per heavy atom. The minimum atomic E-state index is 0.728. The molecule has 5 nitrogen and oxygen atoms in total. The average Bonchev–Trinajstić information content (AvgIpc) is 3.03. The Bertz CT molecular complexity index is 1040. The summed E-state index contributed by atoms with van der Waals surface area (Å²) in [4.78, 5) is 11.7. The van der Waals surface area contributed by atoms with Crippen molar-refractivity contribution >= 4 is 22.5 Å². The number of nitrogens with zero attached hydrogens (tertiary/aromatic N) is 4. The molecule has 3 aromatic heterocycles. The van der Waals surface area contributed by atoms with Gasteiger partial charge in [0.15, 0.2) is 5.65 Å². The normalized spacial score (nSPS) is 15.1. The number of hydrogen-bond donors (Lipinski definition) is 0. The Morgan fingerprint density at radius 2 is 1.72 bits per heavy atom. The van der Waals surface area contributed by atoms with Gasteiger partial charge in [0.05, 0.1) is 18.7 Å². The van der Waals surface area contributed by atoms with Crippen molar-refractivity contribution in [1.82, 2.24) is 14.4 Å². The van der Waals surface area contributed by atoms with Crippen molar-refractivity contribution in [3.63, 3.8) is 0 Å². The molecule has 1 saturated heterocycles. The Morgan fingerprint density at radius 1 is 0.920 bits per heavy atom. The van der Waals surface area contributed by atoms with E-state index in [0.29, 0.717) is 0 Å². The standard InChI is InChI=1S/C20H18N4O/c1-2-6-15(7-3-1)18-16-14-21-20(23-10-12-25-13-11-23)22-19(16)24-9-5-4-8-17(18)24/h1-9,14H,10-13H2. The van der Waals surface area contributed by atoms with Crippen LogP contribution >= 0.6 is 0 Å². The van der Waals surface area contributed by atoms with Crippen molar-refractivity contribution in [1.29, 1.82) is 0 Å². The number of fused-ring (bicyclic) bond motifs is 3. The number of hydrogen-bond acceptors (Lipinski definition) is 4. The molecule has 0 radical (unpaired) electrons. The lowest BCUT2D eigenvalue weighted by atomic mass is 10.0. The second-order valence-corrected chi connectivity index (χ2v) is 6.20. The molecule has 0 N–H and O–H groups in total. The maximum Gasteiger partial charge on any atom is 0.227 e. The Balaban J connectivity index is 1.76. The summed E-state index contributed by atoms with van der Waals surface area (Å²) in [6, 6.07) is 16.7. The zero-order valence-corrected chi connectivity index (χ0v) is 13.8. The minimum Gasteiger partial charge on any atom is -0.378 e. The molecular formula is C20H18N4O. The van der Waals surface area contributed by atoms with Crippen molar-refractivity contribution in [3.8, 4) is 11.1 Å². The second kappa shape index (κ2) is 5.86. The highest BCUT2D eigenvalue weighted by molar-refractivity contribution is 6.04. The van der Waals surface area contributed by atoms with Gasteiger partial charge >= 0.3 is 0 Å². The van der Waals surface area contributed by atoms with Gasteiger partial charge in [-0.25, -0.2) is 4.98 Å². The smallest absolute Gasteiger partial charge is 0.227 e. The molecule has 4 heterocycles. The second-order valence-electron chi connectivity index (χ2n) is 6.20. The molecule has 0 amide bonds. The molecule has 0 bridgehead atoms. The van der Waals surface area contributed by atoms with Gasteiger partial charge in [-0.05, 0) is 17.7 Å². The van der Waals surface area contributed by atoms with Crippen LogP contribution in [0.3, 0.4) is 0 Å². The Kier molecular flexibility index (Phi) is 3.38. The summed E-state index contributed by atoms with van der Waals surface area (Å²) >= 11 is 0. The van der Waals surface area contributed by atoms with Crippen LogP contribution < -0.4 is 4.90 Å². The molecule has 1 aliphatic heterocycles. The van der Waals surface area contributed by atoms with Crippen LogP contribution in [-0.2, 0) is 4.74 Å². The summed E-state index contributed by atoms with van der Waals surface area (Å²) in [5, 5.41) is 1.08. The molecule has 0 aliphatic carbocycles. The summed E-state index contributed by atoms with van der Waals surface area (Å²) < 4.78 is 7.59. The first-order valence-electron chi connectivity index (χ1n) is 8.56. The van der Waals surface area contributed by atoms with E-state index in [1.54, 1.807) is 0 Å². The lowest BCUT2D eigenvalue weighted by Crippen LogP contribution is -2.37. The van der Waals surface area contributed by atoms with E-state index in [-0.39, 0.29) is 0 Å². The van der Waals surface area contributed by atoms with Crippen LogP contribution in [0.4, 0.5) is 5.95 Å². The highest BCUT2D eigenvalue weighted by Gasteiger charge is 2.18. The van der Waals surface area contributed by atoms with Gasteiger partial charge in [-0.1, -0.05) is 36.4 Å². The predicted octanol–water partition coefficient (Wildman–Crippen LogP) is 3.39. The molecule has 4 aromatic rings. The van der Waals surface area contributed by atoms with Gasteiger partial charge in [-0.3, -0.25) is 0 Å². The Labute approximate surface area is 145 Å². The fraction of sp³-hybridized carbons (Fsp3) is 0.200. The van der Waals surface area contributed by atoms with Gasteiger partial charge in [0.1, 0.15) is 0 Å². The number of rotatable bonds is 2. The third-order valence-electron chi connectivity index (χ3n) is 4.73. The summed E-state index contributed by atoms with van der Waals surface area (Å²) in [7, 11) is 0. The van der Waals surface area contributed by atoms with Crippen molar-refractivity contribution in [2.45, 2.75) is 0 Å². The fourth-order valence-electron chi connectivity index (χ4n) is 3.52. The number of aromatic nitrogens is 3. The quantitative estimate of drug-likeness (QED) is 0.565. The van der Waals surface area contributed by atoms with Crippen molar-refractivity contribution in [3.05, 3.63) is 60.9 Å². The molecule has 5 rings (SSSR count). The molecule has 25 heavy (non-hydrogen) atoms. The number of morpholine rings is 1. The van der Waals surface area contributed by atoms with Crippen LogP contribution in [0.25, 0.3) is 27.7 Å². The van der Waals surface area contributed by atoms with E-state index in [9.17, 15) is 0 Å². The van der Waals surface area contributed by atoms with Crippen LogP contribution in [0.2, 0.25) is 0 Å². The number of pyridine rings is 1.